The van der Waals surface area contributed by atoms with Crippen LogP contribution in [0, 0.1) is 19.8 Å². The molecule has 36 heavy (non-hydrogen) atoms. The second-order valence-electron chi connectivity index (χ2n) is 10.1. The molecule has 0 saturated carbocycles. The lowest BCUT2D eigenvalue weighted by molar-refractivity contribution is -0.126. The summed E-state index contributed by atoms with van der Waals surface area (Å²) < 4.78 is 1.98. The van der Waals surface area contributed by atoms with Crippen LogP contribution in [0.15, 0.2) is 54.6 Å². The number of carbonyl (C=O) groups excluding carboxylic acids is 1. The van der Waals surface area contributed by atoms with Crippen molar-refractivity contribution < 1.29 is 4.79 Å². The number of fused-ring (bicyclic) bond motifs is 2. The van der Waals surface area contributed by atoms with E-state index >= 15 is 0 Å². The summed E-state index contributed by atoms with van der Waals surface area (Å²) in [6.07, 6.45) is 4.84. The molecular formula is C29H32N6O. The van der Waals surface area contributed by atoms with Gasteiger partial charge in [0.2, 0.25) is 5.91 Å². The summed E-state index contributed by atoms with van der Waals surface area (Å²) in [5.41, 5.74) is 6.51. The van der Waals surface area contributed by atoms with E-state index < -0.39 is 0 Å². The molecule has 2 aliphatic rings. The zero-order valence-electron chi connectivity index (χ0n) is 20.9. The van der Waals surface area contributed by atoms with Crippen molar-refractivity contribution in [3.63, 3.8) is 0 Å². The van der Waals surface area contributed by atoms with Crippen molar-refractivity contribution in [3.05, 3.63) is 77.1 Å². The SMILES string of the molecule is Cc1nnc(N2CCC(C(=O)N[C@H]3CCCc4ccccc43)CC2)c2nn(-c3ccccc3)c(C)c12. The van der Waals surface area contributed by atoms with Crippen LogP contribution in [0.4, 0.5) is 5.82 Å². The Kier molecular flexibility index (Phi) is 5.91. The number of carbonyl (C=O) groups is 1. The van der Waals surface area contributed by atoms with Crippen LogP contribution in [0.1, 0.15) is 54.2 Å². The Balaban J connectivity index is 1.19. The molecule has 1 aliphatic carbocycles. The Morgan fingerprint density at radius 1 is 0.944 bits per heavy atom. The second kappa shape index (κ2) is 9.37. The zero-order valence-corrected chi connectivity index (χ0v) is 20.9. The molecule has 184 valence electrons. The van der Waals surface area contributed by atoms with Gasteiger partial charge in [-0.1, -0.05) is 42.5 Å². The lowest BCUT2D eigenvalue weighted by Crippen LogP contribution is -2.42. The summed E-state index contributed by atoms with van der Waals surface area (Å²) in [5, 5.41) is 18.4. The standard InChI is InChI=1S/C29H32N6O/c1-19-26-20(2)35(23-11-4-3-5-12-23)33-27(26)28(32-31-19)34-17-15-22(16-18-34)29(36)30-25-14-8-10-21-9-6-7-13-24(21)25/h3-7,9,11-13,22,25H,8,10,14-18H2,1-2H3,(H,30,36)/t25-/m0/s1. The molecule has 4 aromatic rings. The van der Waals surface area contributed by atoms with Gasteiger partial charge in [-0.25, -0.2) is 4.68 Å². The van der Waals surface area contributed by atoms with Crippen LogP contribution >= 0.6 is 0 Å². The van der Waals surface area contributed by atoms with E-state index in [1.807, 2.05) is 29.8 Å². The van der Waals surface area contributed by atoms with E-state index in [9.17, 15) is 4.79 Å². The number of anilines is 1. The number of piperidine rings is 1. The average molecular weight is 481 g/mol. The highest BCUT2D eigenvalue weighted by molar-refractivity contribution is 5.92. The van der Waals surface area contributed by atoms with Gasteiger partial charge in [-0.05, 0) is 69.2 Å². The number of aryl methyl sites for hydroxylation is 3. The number of rotatable bonds is 4. The Morgan fingerprint density at radius 2 is 1.69 bits per heavy atom. The van der Waals surface area contributed by atoms with Crippen LogP contribution in [-0.2, 0) is 11.2 Å². The highest BCUT2D eigenvalue weighted by atomic mass is 16.2. The van der Waals surface area contributed by atoms with E-state index in [0.717, 1.165) is 79.0 Å². The van der Waals surface area contributed by atoms with Gasteiger partial charge in [0.25, 0.3) is 0 Å². The van der Waals surface area contributed by atoms with Crippen LogP contribution in [-0.4, -0.2) is 39.0 Å². The van der Waals surface area contributed by atoms with Crippen molar-refractivity contribution in [1.82, 2.24) is 25.3 Å². The summed E-state index contributed by atoms with van der Waals surface area (Å²) in [6.45, 7) is 5.61. The first-order valence-electron chi connectivity index (χ1n) is 13.0. The first kappa shape index (κ1) is 22.7. The summed E-state index contributed by atoms with van der Waals surface area (Å²) >= 11 is 0. The number of benzene rings is 2. The van der Waals surface area contributed by atoms with E-state index in [2.05, 4.69) is 63.7 Å². The highest BCUT2D eigenvalue weighted by Crippen LogP contribution is 2.33. The monoisotopic (exact) mass is 480 g/mol. The summed E-state index contributed by atoms with van der Waals surface area (Å²) in [4.78, 5) is 15.5. The van der Waals surface area contributed by atoms with Crippen LogP contribution in [0.3, 0.4) is 0 Å². The lowest BCUT2D eigenvalue weighted by atomic mass is 9.87. The number of nitrogens with one attached hydrogen (secondary N) is 1. The molecule has 2 aromatic heterocycles. The third-order valence-corrected chi connectivity index (χ3v) is 7.84. The predicted molar refractivity (Wildman–Crippen MR) is 141 cm³/mol. The molecule has 7 nitrogen and oxygen atoms in total. The van der Waals surface area contributed by atoms with E-state index in [4.69, 9.17) is 5.10 Å². The Morgan fingerprint density at radius 3 is 2.50 bits per heavy atom. The van der Waals surface area contributed by atoms with Crippen LogP contribution in [0.25, 0.3) is 16.6 Å². The van der Waals surface area contributed by atoms with Gasteiger partial charge in [-0.15, -0.1) is 5.10 Å². The molecule has 0 bridgehead atoms. The first-order chi connectivity index (χ1) is 17.6. The molecule has 7 heteroatoms. The lowest BCUT2D eigenvalue weighted by Gasteiger charge is -2.33. The predicted octanol–water partition coefficient (Wildman–Crippen LogP) is 4.84. The number of nitrogens with zero attached hydrogens (tertiary/aromatic N) is 5. The van der Waals surface area contributed by atoms with Gasteiger partial charge in [-0.3, -0.25) is 4.79 Å². The molecule has 0 radical (unpaired) electrons. The molecular weight excluding hydrogens is 448 g/mol. The number of hydrogen-bond donors (Lipinski definition) is 1. The topological polar surface area (TPSA) is 75.9 Å². The van der Waals surface area contributed by atoms with Gasteiger partial charge >= 0.3 is 0 Å². The minimum atomic E-state index is 0.0212. The Bertz CT molecular complexity index is 1400. The number of hydrogen-bond acceptors (Lipinski definition) is 5. The quantitative estimate of drug-likeness (QED) is 0.452. The molecule has 1 fully saturated rings. The summed E-state index contributed by atoms with van der Waals surface area (Å²) in [5.74, 6) is 1.02. The molecule has 1 amide bonds. The van der Waals surface area contributed by atoms with Crippen molar-refractivity contribution in [2.24, 2.45) is 5.92 Å². The van der Waals surface area contributed by atoms with Crippen molar-refractivity contribution in [2.75, 3.05) is 18.0 Å². The molecule has 1 atom stereocenters. The largest absolute Gasteiger partial charge is 0.353 e. The summed E-state index contributed by atoms with van der Waals surface area (Å²) in [6, 6.07) is 18.8. The minimum absolute atomic E-state index is 0.0212. The molecule has 2 aromatic carbocycles. The molecule has 1 aliphatic heterocycles. The van der Waals surface area contributed by atoms with Crippen molar-refractivity contribution >= 4 is 22.6 Å². The van der Waals surface area contributed by atoms with Gasteiger partial charge in [0, 0.05) is 19.0 Å². The fourth-order valence-corrected chi connectivity index (χ4v) is 5.89. The zero-order chi connectivity index (χ0) is 24.6. The van der Waals surface area contributed by atoms with Gasteiger partial charge in [-0.2, -0.15) is 10.2 Å². The number of para-hydroxylation sites is 1. The van der Waals surface area contributed by atoms with Gasteiger partial charge in [0.15, 0.2) is 5.82 Å². The molecule has 0 unspecified atom stereocenters. The molecule has 3 heterocycles. The van der Waals surface area contributed by atoms with Crippen LogP contribution in [0.2, 0.25) is 0 Å². The van der Waals surface area contributed by atoms with E-state index in [1.165, 1.54) is 11.1 Å². The van der Waals surface area contributed by atoms with E-state index in [0.29, 0.717) is 0 Å². The maximum atomic E-state index is 13.2. The van der Waals surface area contributed by atoms with Crippen LogP contribution in [0.5, 0.6) is 0 Å². The van der Waals surface area contributed by atoms with Crippen molar-refractivity contribution in [2.45, 2.75) is 52.0 Å². The van der Waals surface area contributed by atoms with Gasteiger partial charge < -0.3 is 10.2 Å². The fraction of sp³-hybridized carbons (Fsp3) is 0.379. The van der Waals surface area contributed by atoms with Crippen LogP contribution < -0.4 is 10.2 Å². The summed E-state index contributed by atoms with van der Waals surface area (Å²) in [7, 11) is 0. The van der Waals surface area contributed by atoms with Crippen molar-refractivity contribution in [1.29, 1.82) is 0 Å². The maximum absolute atomic E-state index is 13.2. The molecule has 0 spiro atoms. The first-order valence-corrected chi connectivity index (χ1v) is 13.0. The molecule has 1 saturated heterocycles. The smallest absolute Gasteiger partial charge is 0.223 e. The number of amides is 1. The maximum Gasteiger partial charge on any atom is 0.223 e. The van der Waals surface area contributed by atoms with E-state index in [1.54, 1.807) is 0 Å². The third-order valence-electron chi connectivity index (χ3n) is 7.84. The second-order valence-corrected chi connectivity index (χ2v) is 10.1. The number of aromatic nitrogens is 4. The van der Waals surface area contributed by atoms with Gasteiger partial charge in [0.1, 0.15) is 5.52 Å². The highest BCUT2D eigenvalue weighted by Gasteiger charge is 2.30. The molecule has 1 N–H and O–H groups in total. The Labute approximate surface area is 211 Å². The molecule has 6 rings (SSSR count). The third kappa shape index (κ3) is 4.02. The normalized spacial score (nSPS) is 18.3. The average Bonchev–Trinajstić information content (AvgIpc) is 3.27. The van der Waals surface area contributed by atoms with Gasteiger partial charge in [0.05, 0.1) is 28.5 Å². The van der Waals surface area contributed by atoms with E-state index in [-0.39, 0.29) is 17.9 Å². The minimum Gasteiger partial charge on any atom is -0.353 e. The Hall–Kier alpha value is -3.74. The fourth-order valence-electron chi connectivity index (χ4n) is 5.89. The van der Waals surface area contributed by atoms with Crippen molar-refractivity contribution in [3.8, 4) is 5.69 Å².